The van der Waals surface area contributed by atoms with Crippen LogP contribution in [0.3, 0.4) is 0 Å². The summed E-state index contributed by atoms with van der Waals surface area (Å²) in [6, 6.07) is 4.92. The van der Waals surface area contributed by atoms with Crippen molar-refractivity contribution in [2.45, 2.75) is 13.1 Å². The molecular weight excluding hydrogens is 353 g/mol. The molecule has 0 atom stereocenters. The van der Waals surface area contributed by atoms with Gasteiger partial charge in [0.1, 0.15) is 6.54 Å². The fraction of sp³-hybridized carbons (Fsp3) is 0.385. The van der Waals surface area contributed by atoms with Gasteiger partial charge in [-0.2, -0.15) is 13.2 Å². The summed E-state index contributed by atoms with van der Waals surface area (Å²) in [6.45, 7) is -0.00299. The Morgan fingerprint density at radius 3 is 2.48 bits per heavy atom. The van der Waals surface area contributed by atoms with Crippen LogP contribution < -0.4 is 5.32 Å². The van der Waals surface area contributed by atoms with Crippen LogP contribution in [0.4, 0.5) is 13.2 Å². The highest BCUT2D eigenvalue weighted by molar-refractivity contribution is 9.10. The zero-order valence-electron chi connectivity index (χ0n) is 11.4. The van der Waals surface area contributed by atoms with Gasteiger partial charge in [-0.15, -0.1) is 0 Å². The van der Waals surface area contributed by atoms with Crippen molar-refractivity contribution in [1.82, 2.24) is 10.2 Å². The normalized spacial score (nSPS) is 11.1. The molecule has 21 heavy (non-hydrogen) atoms. The second-order valence-corrected chi connectivity index (χ2v) is 5.37. The molecule has 0 aliphatic rings. The Hall–Kier alpha value is -1.57. The molecule has 116 valence electrons. The molecule has 0 aliphatic heterocycles. The first-order chi connectivity index (χ1) is 9.60. The first-order valence-electron chi connectivity index (χ1n) is 5.95. The van der Waals surface area contributed by atoms with Gasteiger partial charge in [0.2, 0.25) is 5.91 Å². The topological polar surface area (TPSA) is 49.4 Å². The van der Waals surface area contributed by atoms with E-state index < -0.39 is 31.1 Å². The fourth-order valence-electron chi connectivity index (χ4n) is 1.49. The van der Waals surface area contributed by atoms with Crippen LogP contribution in [0.1, 0.15) is 15.9 Å². The first-order valence-corrected chi connectivity index (χ1v) is 6.74. The van der Waals surface area contributed by atoms with Gasteiger partial charge in [-0.3, -0.25) is 9.59 Å². The largest absolute Gasteiger partial charge is 0.405 e. The molecule has 0 radical (unpaired) electrons. The average Bonchev–Trinajstić information content (AvgIpc) is 2.38. The number of nitrogens with zero attached hydrogens (tertiary/aromatic N) is 1. The second kappa shape index (κ2) is 6.93. The Morgan fingerprint density at radius 2 is 1.95 bits per heavy atom. The van der Waals surface area contributed by atoms with Gasteiger partial charge in [-0.1, -0.05) is 22.0 Å². The maximum atomic E-state index is 12.0. The molecule has 0 aliphatic carbocycles. The van der Waals surface area contributed by atoms with E-state index >= 15 is 0 Å². The van der Waals surface area contributed by atoms with E-state index in [-0.39, 0.29) is 0 Å². The van der Waals surface area contributed by atoms with E-state index in [0.29, 0.717) is 5.56 Å². The van der Waals surface area contributed by atoms with Crippen molar-refractivity contribution in [2.24, 2.45) is 0 Å². The van der Waals surface area contributed by atoms with E-state index in [1.807, 2.05) is 6.92 Å². The van der Waals surface area contributed by atoms with Crippen molar-refractivity contribution >= 4 is 27.7 Å². The summed E-state index contributed by atoms with van der Waals surface area (Å²) in [6.07, 6.45) is -4.47. The van der Waals surface area contributed by atoms with Crippen LogP contribution in [-0.2, 0) is 4.79 Å². The van der Waals surface area contributed by atoms with Crippen LogP contribution in [0.25, 0.3) is 0 Å². The van der Waals surface area contributed by atoms with Crippen LogP contribution in [0, 0.1) is 6.92 Å². The number of rotatable bonds is 4. The molecule has 0 heterocycles. The van der Waals surface area contributed by atoms with Crippen LogP contribution in [0.15, 0.2) is 22.7 Å². The third-order valence-electron chi connectivity index (χ3n) is 2.63. The number of benzene rings is 1. The Bertz CT molecular complexity index is 547. The third-order valence-corrected chi connectivity index (χ3v) is 3.49. The van der Waals surface area contributed by atoms with Crippen molar-refractivity contribution in [3.8, 4) is 0 Å². The lowest BCUT2D eigenvalue weighted by Crippen LogP contribution is -2.41. The van der Waals surface area contributed by atoms with E-state index in [4.69, 9.17) is 0 Å². The summed E-state index contributed by atoms with van der Waals surface area (Å²) in [5.41, 5.74) is 1.29. The van der Waals surface area contributed by atoms with Crippen LogP contribution in [0.2, 0.25) is 0 Å². The highest BCUT2D eigenvalue weighted by Gasteiger charge is 2.28. The lowest BCUT2D eigenvalue weighted by molar-refractivity contribution is -0.138. The summed E-state index contributed by atoms with van der Waals surface area (Å²) in [7, 11) is 1.35. The number of nitrogens with one attached hydrogen (secondary N) is 1. The summed E-state index contributed by atoms with van der Waals surface area (Å²) < 4.78 is 36.6. The van der Waals surface area contributed by atoms with Crippen molar-refractivity contribution in [1.29, 1.82) is 0 Å². The van der Waals surface area contributed by atoms with Gasteiger partial charge in [0, 0.05) is 17.1 Å². The highest BCUT2D eigenvalue weighted by atomic mass is 79.9. The molecule has 0 saturated heterocycles. The first kappa shape index (κ1) is 17.5. The maximum Gasteiger partial charge on any atom is 0.405 e. The highest BCUT2D eigenvalue weighted by Crippen LogP contribution is 2.18. The van der Waals surface area contributed by atoms with Crippen LogP contribution in [0.5, 0.6) is 0 Å². The predicted molar refractivity (Wildman–Crippen MR) is 74.9 cm³/mol. The number of halogens is 4. The SMILES string of the molecule is Cc1ccc(C(=O)N(C)CC(=O)NCC(F)(F)F)cc1Br. The molecule has 0 saturated carbocycles. The van der Waals surface area contributed by atoms with Gasteiger partial charge in [0.25, 0.3) is 5.91 Å². The number of amides is 2. The fourth-order valence-corrected chi connectivity index (χ4v) is 1.87. The minimum Gasteiger partial charge on any atom is -0.345 e. The number of aryl methyl sites for hydroxylation is 1. The average molecular weight is 367 g/mol. The van der Waals surface area contributed by atoms with Crippen molar-refractivity contribution in [3.05, 3.63) is 33.8 Å². The van der Waals surface area contributed by atoms with E-state index in [1.165, 1.54) is 7.05 Å². The molecule has 1 N–H and O–H groups in total. The van der Waals surface area contributed by atoms with Crippen LogP contribution >= 0.6 is 15.9 Å². The number of hydrogen-bond donors (Lipinski definition) is 1. The lowest BCUT2D eigenvalue weighted by atomic mass is 10.1. The molecule has 1 aromatic rings. The molecule has 1 aromatic carbocycles. The Morgan fingerprint density at radius 1 is 1.33 bits per heavy atom. The van der Waals surface area contributed by atoms with E-state index in [2.05, 4.69) is 15.9 Å². The molecule has 0 fully saturated rings. The van der Waals surface area contributed by atoms with Crippen molar-refractivity contribution in [3.63, 3.8) is 0 Å². The monoisotopic (exact) mass is 366 g/mol. The summed E-state index contributed by atoms with van der Waals surface area (Å²) in [4.78, 5) is 24.4. The van der Waals surface area contributed by atoms with Gasteiger partial charge in [0.15, 0.2) is 0 Å². The molecule has 0 spiro atoms. The zero-order valence-corrected chi connectivity index (χ0v) is 13.0. The Kier molecular flexibility index (Phi) is 5.77. The molecule has 2 amide bonds. The maximum absolute atomic E-state index is 12.0. The minimum absolute atomic E-state index is 0.346. The molecule has 4 nitrogen and oxygen atoms in total. The molecule has 1 rings (SSSR count). The minimum atomic E-state index is -4.47. The summed E-state index contributed by atoms with van der Waals surface area (Å²) in [5, 5.41) is 1.71. The third kappa shape index (κ3) is 5.74. The summed E-state index contributed by atoms with van der Waals surface area (Å²) in [5.74, 6) is -1.31. The quantitative estimate of drug-likeness (QED) is 0.889. The Balaban J connectivity index is 2.62. The van der Waals surface area contributed by atoms with Gasteiger partial charge < -0.3 is 10.2 Å². The van der Waals surface area contributed by atoms with Crippen molar-refractivity contribution in [2.75, 3.05) is 20.1 Å². The van der Waals surface area contributed by atoms with Crippen molar-refractivity contribution < 1.29 is 22.8 Å². The van der Waals surface area contributed by atoms with Crippen LogP contribution in [-0.4, -0.2) is 43.0 Å². The number of carbonyl (C=O) groups is 2. The number of likely N-dealkylation sites (N-methyl/N-ethyl adjacent to an activating group) is 1. The van der Waals surface area contributed by atoms with Gasteiger partial charge >= 0.3 is 6.18 Å². The van der Waals surface area contributed by atoms with Gasteiger partial charge in [-0.05, 0) is 24.6 Å². The molecule has 0 bridgehead atoms. The number of carbonyl (C=O) groups excluding carboxylic acids is 2. The second-order valence-electron chi connectivity index (χ2n) is 4.52. The van der Waals surface area contributed by atoms with E-state index in [9.17, 15) is 22.8 Å². The number of alkyl halides is 3. The summed E-state index contributed by atoms with van der Waals surface area (Å²) >= 11 is 3.29. The van der Waals surface area contributed by atoms with Gasteiger partial charge in [0.05, 0.1) is 6.54 Å². The standard InChI is InChI=1S/C13H14BrF3N2O2/c1-8-3-4-9(5-10(8)14)12(21)19(2)6-11(20)18-7-13(15,16)17/h3-5H,6-7H2,1-2H3,(H,18,20). The lowest BCUT2D eigenvalue weighted by Gasteiger charge is -2.17. The predicted octanol–water partition coefficient (Wildman–Crippen LogP) is 2.51. The molecule has 0 unspecified atom stereocenters. The molecular formula is C13H14BrF3N2O2. The van der Waals surface area contributed by atoms with Gasteiger partial charge in [-0.25, -0.2) is 0 Å². The van der Waals surface area contributed by atoms with E-state index in [0.717, 1.165) is 14.9 Å². The zero-order chi connectivity index (χ0) is 16.2. The van der Waals surface area contributed by atoms with E-state index in [1.54, 1.807) is 23.5 Å². The molecule has 0 aromatic heterocycles. The molecule has 8 heteroatoms. The smallest absolute Gasteiger partial charge is 0.345 e. The number of hydrogen-bond acceptors (Lipinski definition) is 2. The Labute approximate surface area is 128 Å².